The van der Waals surface area contributed by atoms with Gasteiger partial charge in [0.05, 0.1) is 19.3 Å². The summed E-state index contributed by atoms with van der Waals surface area (Å²) in [6.45, 7) is 0.624. The molecule has 1 aliphatic rings. The maximum absolute atomic E-state index is 8.39. The van der Waals surface area contributed by atoms with Gasteiger partial charge in [-0.15, -0.1) is 0 Å². The van der Waals surface area contributed by atoms with Gasteiger partial charge in [0, 0.05) is 0 Å². The summed E-state index contributed by atoms with van der Waals surface area (Å²) in [6.07, 6.45) is 5.94. The Morgan fingerprint density at radius 1 is 1.33 bits per heavy atom. The van der Waals surface area contributed by atoms with E-state index in [4.69, 9.17) is 9.84 Å². The van der Waals surface area contributed by atoms with Crippen LogP contribution in [0.15, 0.2) is 0 Å². The Bertz CT molecular complexity index is 67.3. The Morgan fingerprint density at radius 3 is 2.56 bits per heavy atom. The Hall–Kier alpha value is -0.0800. The van der Waals surface area contributed by atoms with Gasteiger partial charge in [-0.2, -0.15) is 0 Å². The van der Waals surface area contributed by atoms with Crippen LogP contribution in [0.25, 0.3) is 0 Å². The molecule has 0 aromatic carbocycles. The van der Waals surface area contributed by atoms with Crippen LogP contribution < -0.4 is 0 Å². The van der Waals surface area contributed by atoms with Crippen LogP contribution in [0.3, 0.4) is 0 Å². The van der Waals surface area contributed by atoms with Crippen molar-refractivity contribution in [1.29, 1.82) is 0 Å². The van der Waals surface area contributed by atoms with Crippen molar-refractivity contribution in [2.45, 2.75) is 25.7 Å². The minimum absolute atomic E-state index is 0.142. The lowest BCUT2D eigenvalue weighted by atomic mass is 10.3. The highest BCUT2D eigenvalue weighted by Gasteiger charge is 2.15. The molecular weight excluding hydrogens is 116 g/mol. The molecule has 0 bridgehead atoms. The summed E-state index contributed by atoms with van der Waals surface area (Å²) in [7, 11) is 0. The quantitative estimate of drug-likeness (QED) is 0.618. The van der Waals surface area contributed by atoms with Gasteiger partial charge in [0.25, 0.3) is 0 Å². The lowest BCUT2D eigenvalue weighted by molar-refractivity contribution is 0.0976. The van der Waals surface area contributed by atoms with Gasteiger partial charge < -0.3 is 9.84 Å². The van der Waals surface area contributed by atoms with Crippen molar-refractivity contribution >= 4 is 0 Å². The van der Waals surface area contributed by atoms with Crippen LogP contribution in [-0.4, -0.2) is 18.3 Å². The molecule has 0 saturated heterocycles. The minimum atomic E-state index is 0.142. The van der Waals surface area contributed by atoms with E-state index in [1.165, 1.54) is 18.9 Å². The number of rotatable bonds is 3. The number of aliphatic hydroxyl groups is 1. The maximum atomic E-state index is 8.39. The zero-order chi connectivity index (χ0) is 6.53. The number of ether oxygens (including phenoxy) is 1. The second-order valence-electron chi connectivity index (χ2n) is 2.32. The largest absolute Gasteiger partial charge is 0.394 e. The first-order valence-electron chi connectivity index (χ1n) is 3.52. The SMILES string of the molecule is OCCO[C]1CCCC1. The molecule has 1 N–H and O–H groups in total. The van der Waals surface area contributed by atoms with Gasteiger partial charge in [0.2, 0.25) is 0 Å². The molecule has 1 aliphatic carbocycles. The van der Waals surface area contributed by atoms with Crippen molar-refractivity contribution in [2.75, 3.05) is 13.2 Å². The molecule has 0 spiro atoms. The van der Waals surface area contributed by atoms with Gasteiger partial charge >= 0.3 is 0 Å². The van der Waals surface area contributed by atoms with Crippen LogP contribution in [0.4, 0.5) is 0 Å². The average Bonchev–Trinajstić information content (AvgIpc) is 2.34. The van der Waals surface area contributed by atoms with Crippen molar-refractivity contribution in [3.8, 4) is 0 Å². The second-order valence-corrected chi connectivity index (χ2v) is 2.32. The second kappa shape index (κ2) is 3.85. The Balaban J connectivity index is 1.98. The van der Waals surface area contributed by atoms with Crippen molar-refractivity contribution in [1.82, 2.24) is 0 Å². The summed E-state index contributed by atoms with van der Waals surface area (Å²) in [5.41, 5.74) is 0. The van der Waals surface area contributed by atoms with E-state index in [9.17, 15) is 0 Å². The van der Waals surface area contributed by atoms with Gasteiger partial charge in [-0.1, -0.05) is 12.8 Å². The lowest BCUT2D eigenvalue weighted by Crippen LogP contribution is -2.02. The highest BCUT2D eigenvalue weighted by molar-refractivity contribution is 4.84. The fraction of sp³-hybridized carbons (Fsp3) is 0.857. The third-order valence-electron chi connectivity index (χ3n) is 1.56. The van der Waals surface area contributed by atoms with Crippen LogP contribution in [0.1, 0.15) is 25.7 Å². The molecule has 1 rings (SSSR count). The average molecular weight is 129 g/mol. The predicted molar refractivity (Wildman–Crippen MR) is 34.7 cm³/mol. The Kier molecular flexibility index (Phi) is 3.01. The monoisotopic (exact) mass is 129 g/mol. The van der Waals surface area contributed by atoms with Crippen LogP contribution in [0.5, 0.6) is 0 Å². The third-order valence-corrected chi connectivity index (χ3v) is 1.56. The van der Waals surface area contributed by atoms with Gasteiger partial charge in [0.15, 0.2) is 0 Å². The summed E-state index contributed by atoms with van der Waals surface area (Å²) >= 11 is 0. The van der Waals surface area contributed by atoms with Crippen LogP contribution >= 0.6 is 0 Å². The van der Waals surface area contributed by atoms with Crippen LogP contribution in [0, 0.1) is 6.10 Å². The molecule has 1 saturated carbocycles. The molecule has 2 nitrogen and oxygen atoms in total. The summed E-state index contributed by atoms with van der Waals surface area (Å²) in [4.78, 5) is 0. The van der Waals surface area contributed by atoms with E-state index >= 15 is 0 Å². The topological polar surface area (TPSA) is 29.5 Å². The molecule has 0 unspecified atom stereocenters. The van der Waals surface area contributed by atoms with Gasteiger partial charge in [-0.05, 0) is 12.8 Å². The van der Waals surface area contributed by atoms with Gasteiger partial charge in [-0.25, -0.2) is 0 Å². The molecule has 2 heteroatoms. The Labute approximate surface area is 55.8 Å². The molecule has 0 atom stereocenters. The van der Waals surface area contributed by atoms with E-state index in [1.807, 2.05) is 0 Å². The normalized spacial score (nSPS) is 21.0. The molecule has 9 heavy (non-hydrogen) atoms. The molecule has 1 radical (unpaired) electrons. The van der Waals surface area contributed by atoms with Gasteiger partial charge in [0.1, 0.15) is 0 Å². The first-order valence-corrected chi connectivity index (χ1v) is 3.52. The molecule has 0 aliphatic heterocycles. The Morgan fingerprint density at radius 2 is 2.00 bits per heavy atom. The summed E-state index contributed by atoms with van der Waals surface area (Å²) in [5, 5.41) is 8.39. The molecule has 0 heterocycles. The third kappa shape index (κ3) is 2.33. The van der Waals surface area contributed by atoms with Crippen LogP contribution in [-0.2, 0) is 4.74 Å². The van der Waals surface area contributed by atoms with E-state index in [1.54, 1.807) is 0 Å². The molecule has 1 fully saturated rings. The summed E-state index contributed by atoms with van der Waals surface area (Å²) in [6, 6.07) is 0. The molecule has 0 aromatic heterocycles. The zero-order valence-corrected chi connectivity index (χ0v) is 5.60. The summed E-state index contributed by atoms with van der Waals surface area (Å²) < 4.78 is 5.22. The smallest absolute Gasteiger partial charge is 0.0971 e. The minimum Gasteiger partial charge on any atom is -0.394 e. The number of aliphatic hydroxyl groups excluding tert-OH is 1. The fourth-order valence-electron chi connectivity index (χ4n) is 1.10. The van der Waals surface area contributed by atoms with Crippen molar-refractivity contribution < 1.29 is 9.84 Å². The van der Waals surface area contributed by atoms with Crippen molar-refractivity contribution in [3.63, 3.8) is 0 Å². The number of hydrogen-bond acceptors (Lipinski definition) is 2. The van der Waals surface area contributed by atoms with E-state index in [2.05, 4.69) is 0 Å². The van der Waals surface area contributed by atoms with E-state index in [-0.39, 0.29) is 6.61 Å². The van der Waals surface area contributed by atoms with E-state index in [0.29, 0.717) is 6.61 Å². The zero-order valence-electron chi connectivity index (χ0n) is 5.60. The van der Waals surface area contributed by atoms with Gasteiger partial charge in [-0.3, -0.25) is 0 Å². The predicted octanol–water partition coefficient (Wildman–Crippen LogP) is 1.10. The van der Waals surface area contributed by atoms with Crippen molar-refractivity contribution in [2.24, 2.45) is 0 Å². The number of hydrogen-bond donors (Lipinski definition) is 1. The lowest BCUT2D eigenvalue weighted by Gasteiger charge is -2.06. The van der Waals surface area contributed by atoms with Crippen molar-refractivity contribution in [3.05, 3.63) is 6.10 Å². The maximum Gasteiger partial charge on any atom is 0.0971 e. The summed E-state index contributed by atoms with van der Waals surface area (Å²) in [5.74, 6) is 0. The molecule has 53 valence electrons. The molecule has 0 amide bonds. The fourth-order valence-corrected chi connectivity index (χ4v) is 1.10. The van der Waals surface area contributed by atoms with E-state index < -0.39 is 0 Å². The highest BCUT2D eigenvalue weighted by Crippen LogP contribution is 2.27. The first kappa shape index (κ1) is 7.03. The first-order chi connectivity index (χ1) is 4.43. The standard InChI is InChI=1S/C7H13O2/c8-5-6-9-7-3-1-2-4-7/h8H,1-6H2. The molecular formula is C7H13O2. The van der Waals surface area contributed by atoms with E-state index in [0.717, 1.165) is 12.8 Å². The molecule has 0 aromatic rings. The highest BCUT2D eigenvalue weighted by atomic mass is 16.5. The van der Waals surface area contributed by atoms with Crippen LogP contribution in [0.2, 0.25) is 0 Å².